The van der Waals surface area contributed by atoms with Crippen molar-refractivity contribution in [2.24, 2.45) is 5.92 Å². The van der Waals surface area contributed by atoms with Gasteiger partial charge in [0.05, 0.1) is 5.92 Å². The first kappa shape index (κ1) is 18.3. The zero-order valence-electron chi connectivity index (χ0n) is 16.2. The molecule has 2 atom stereocenters. The van der Waals surface area contributed by atoms with Crippen molar-refractivity contribution < 1.29 is 9.59 Å². The maximum Gasteiger partial charge on any atom is 0.320 e. The van der Waals surface area contributed by atoms with Crippen molar-refractivity contribution in [1.29, 1.82) is 0 Å². The summed E-state index contributed by atoms with van der Waals surface area (Å²) in [6, 6.07) is 10.9. The quantitative estimate of drug-likeness (QED) is 0.821. The van der Waals surface area contributed by atoms with Crippen molar-refractivity contribution in [3.8, 4) is 0 Å². The monoisotopic (exact) mass is 369 g/mol. The minimum atomic E-state index is -0.0262. The number of carbonyl (C=O) groups is 2. The predicted molar refractivity (Wildman–Crippen MR) is 105 cm³/mol. The van der Waals surface area contributed by atoms with Gasteiger partial charge in [0.15, 0.2) is 0 Å². The number of piperidine rings is 1. The molecule has 5 nitrogen and oxygen atoms in total. The lowest BCUT2D eigenvalue weighted by Crippen LogP contribution is -2.51. The Balaban J connectivity index is 1.38. The van der Waals surface area contributed by atoms with Crippen molar-refractivity contribution in [3.63, 3.8) is 0 Å². The minimum Gasteiger partial charge on any atom is -0.339 e. The fraction of sp³-hybridized carbons (Fsp3) is 0.636. The maximum atomic E-state index is 13.3. The van der Waals surface area contributed by atoms with Crippen LogP contribution in [0.25, 0.3) is 0 Å². The molecule has 0 radical (unpaired) electrons. The summed E-state index contributed by atoms with van der Waals surface area (Å²) in [5.74, 6) is 0.244. The van der Waals surface area contributed by atoms with Crippen LogP contribution in [0.5, 0.6) is 0 Å². The smallest absolute Gasteiger partial charge is 0.320 e. The molecular formula is C22H31N3O2. The highest BCUT2D eigenvalue weighted by Crippen LogP contribution is 2.27. The highest BCUT2D eigenvalue weighted by Gasteiger charge is 2.37. The summed E-state index contributed by atoms with van der Waals surface area (Å²) >= 11 is 0. The number of amides is 3. The molecule has 3 fully saturated rings. The van der Waals surface area contributed by atoms with E-state index < -0.39 is 0 Å². The molecule has 5 heteroatoms. The molecule has 0 bridgehead atoms. The lowest BCUT2D eigenvalue weighted by Gasteiger charge is -2.37. The number of likely N-dealkylation sites (tertiary alicyclic amines) is 3. The Morgan fingerprint density at radius 3 is 2.33 bits per heavy atom. The van der Waals surface area contributed by atoms with E-state index in [2.05, 4.69) is 29.2 Å². The Morgan fingerprint density at radius 2 is 1.56 bits per heavy atom. The fourth-order valence-corrected chi connectivity index (χ4v) is 4.92. The zero-order chi connectivity index (χ0) is 18.6. The van der Waals surface area contributed by atoms with E-state index in [-0.39, 0.29) is 17.9 Å². The lowest BCUT2D eigenvalue weighted by molar-refractivity contribution is -0.137. The molecule has 1 aromatic carbocycles. The van der Waals surface area contributed by atoms with E-state index in [0.717, 1.165) is 71.1 Å². The summed E-state index contributed by atoms with van der Waals surface area (Å²) in [4.78, 5) is 32.0. The summed E-state index contributed by atoms with van der Waals surface area (Å²) in [6.07, 6.45) is 7.18. The third kappa shape index (κ3) is 4.12. The zero-order valence-corrected chi connectivity index (χ0v) is 16.2. The number of rotatable bonds is 3. The van der Waals surface area contributed by atoms with Gasteiger partial charge in [-0.3, -0.25) is 4.79 Å². The van der Waals surface area contributed by atoms with Gasteiger partial charge in [-0.05, 0) is 50.5 Å². The number of nitrogens with zero attached hydrogens (tertiary/aromatic N) is 3. The largest absolute Gasteiger partial charge is 0.339 e. The van der Waals surface area contributed by atoms with Crippen molar-refractivity contribution in [3.05, 3.63) is 35.9 Å². The third-order valence-electron chi connectivity index (χ3n) is 6.39. The van der Waals surface area contributed by atoms with Crippen molar-refractivity contribution in [2.75, 3.05) is 32.7 Å². The number of hydrogen-bond donors (Lipinski definition) is 0. The summed E-state index contributed by atoms with van der Waals surface area (Å²) in [6.45, 7) is 4.01. The number of urea groups is 1. The van der Waals surface area contributed by atoms with E-state index >= 15 is 0 Å². The van der Waals surface area contributed by atoms with Crippen LogP contribution in [-0.2, 0) is 11.2 Å². The highest BCUT2D eigenvalue weighted by molar-refractivity contribution is 5.81. The number of hydrogen-bond acceptors (Lipinski definition) is 2. The standard InChI is InChI=1S/C22H31N3O2/c26-21(25-15-7-11-20(25)16-18-8-2-1-3-9-18)19-10-6-14-24(17-19)22(27)23-12-4-5-13-23/h1-3,8-9,19-20H,4-7,10-17H2/t19-,20-/m0/s1. The van der Waals surface area contributed by atoms with Gasteiger partial charge in [0.1, 0.15) is 0 Å². The average Bonchev–Trinajstić information content (AvgIpc) is 3.40. The van der Waals surface area contributed by atoms with Crippen molar-refractivity contribution in [2.45, 2.75) is 51.0 Å². The van der Waals surface area contributed by atoms with Crippen LogP contribution < -0.4 is 0 Å². The summed E-state index contributed by atoms with van der Waals surface area (Å²) in [5.41, 5.74) is 1.30. The van der Waals surface area contributed by atoms with Crippen LogP contribution in [0.2, 0.25) is 0 Å². The van der Waals surface area contributed by atoms with Crippen LogP contribution in [0.1, 0.15) is 44.1 Å². The fourth-order valence-electron chi connectivity index (χ4n) is 4.92. The molecule has 1 aromatic rings. The first-order valence-electron chi connectivity index (χ1n) is 10.6. The van der Waals surface area contributed by atoms with Gasteiger partial charge >= 0.3 is 6.03 Å². The van der Waals surface area contributed by atoms with Gasteiger partial charge in [0.25, 0.3) is 0 Å². The van der Waals surface area contributed by atoms with Gasteiger partial charge < -0.3 is 14.7 Å². The summed E-state index contributed by atoms with van der Waals surface area (Å²) in [5, 5.41) is 0. The molecular weight excluding hydrogens is 338 g/mol. The molecule has 0 saturated carbocycles. The van der Waals surface area contributed by atoms with Gasteiger partial charge in [-0.25, -0.2) is 4.79 Å². The Hall–Kier alpha value is -2.04. The molecule has 0 unspecified atom stereocenters. The summed E-state index contributed by atoms with van der Waals surface area (Å²) in [7, 11) is 0. The van der Waals surface area contributed by atoms with E-state index in [1.54, 1.807) is 0 Å². The van der Waals surface area contributed by atoms with E-state index in [1.807, 2.05) is 15.9 Å². The molecule has 146 valence electrons. The van der Waals surface area contributed by atoms with E-state index in [4.69, 9.17) is 0 Å². The Labute approximate surface area is 162 Å². The Morgan fingerprint density at radius 1 is 0.852 bits per heavy atom. The maximum absolute atomic E-state index is 13.3. The molecule has 0 aliphatic carbocycles. The van der Waals surface area contributed by atoms with Gasteiger partial charge in [0.2, 0.25) is 5.91 Å². The minimum absolute atomic E-state index is 0.0262. The topological polar surface area (TPSA) is 43.9 Å². The van der Waals surface area contributed by atoms with Gasteiger partial charge in [0, 0.05) is 38.8 Å². The van der Waals surface area contributed by atoms with Gasteiger partial charge in [-0.1, -0.05) is 30.3 Å². The molecule has 0 N–H and O–H groups in total. The second-order valence-corrected chi connectivity index (χ2v) is 8.28. The summed E-state index contributed by atoms with van der Waals surface area (Å²) < 4.78 is 0. The molecule has 4 rings (SSSR count). The predicted octanol–water partition coefficient (Wildman–Crippen LogP) is 3.15. The van der Waals surface area contributed by atoms with E-state index in [0.29, 0.717) is 12.6 Å². The molecule has 3 amide bonds. The van der Waals surface area contributed by atoms with Gasteiger partial charge in [-0.15, -0.1) is 0 Å². The van der Waals surface area contributed by atoms with E-state index in [9.17, 15) is 9.59 Å². The third-order valence-corrected chi connectivity index (χ3v) is 6.39. The molecule has 3 heterocycles. The normalized spacial score (nSPS) is 25.9. The first-order chi connectivity index (χ1) is 13.2. The Kier molecular flexibility index (Phi) is 5.65. The van der Waals surface area contributed by atoms with Crippen LogP contribution >= 0.6 is 0 Å². The molecule has 3 saturated heterocycles. The van der Waals surface area contributed by atoms with Crippen LogP contribution in [0, 0.1) is 5.92 Å². The van der Waals surface area contributed by atoms with Crippen LogP contribution in [0.4, 0.5) is 4.79 Å². The SMILES string of the molecule is O=C(N1CCCC1)N1CCC[C@H](C(=O)N2CCC[C@H]2Cc2ccccc2)C1. The van der Waals surface area contributed by atoms with Crippen molar-refractivity contribution in [1.82, 2.24) is 14.7 Å². The van der Waals surface area contributed by atoms with Crippen LogP contribution in [0.15, 0.2) is 30.3 Å². The Bertz CT molecular complexity index is 657. The molecule has 0 aromatic heterocycles. The lowest BCUT2D eigenvalue weighted by atomic mass is 9.95. The number of benzene rings is 1. The van der Waals surface area contributed by atoms with Crippen LogP contribution in [-0.4, -0.2) is 65.4 Å². The van der Waals surface area contributed by atoms with E-state index in [1.165, 1.54) is 5.56 Å². The second kappa shape index (κ2) is 8.32. The average molecular weight is 370 g/mol. The second-order valence-electron chi connectivity index (χ2n) is 8.28. The molecule has 0 spiro atoms. The van der Waals surface area contributed by atoms with Gasteiger partial charge in [-0.2, -0.15) is 0 Å². The molecule has 27 heavy (non-hydrogen) atoms. The highest BCUT2D eigenvalue weighted by atomic mass is 16.2. The van der Waals surface area contributed by atoms with Crippen molar-refractivity contribution >= 4 is 11.9 Å². The van der Waals surface area contributed by atoms with Crippen LogP contribution in [0.3, 0.4) is 0 Å². The first-order valence-corrected chi connectivity index (χ1v) is 10.6. The number of carbonyl (C=O) groups excluding carboxylic acids is 2. The molecule has 3 aliphatic heterocycles. The molecule has 3 aliphatic rings.